The van der Waals surface area contributed by atoms with E-state index in [1.807, 2.05) is 29.2 Å². The summed E-state index contributed by atoms with van der Waals surface area (Å²) >= 11 is 1.73. The number of ether oxygens (including phenoxy) is 2. The number of likely N-dealkylation sites (tertiary alicyclic amines) is 1. The zero-order valence-electron chi connectivity index (χ0n) is 16.7. The Labute approximate surface area is 177 Å². The van der Waals surface area contributed by atoms with Crippen LogP contribution in [0.4, 0.5) is 5.69 Å². The summed E-state index contributed by atoms with van der Waals surface area (Å²) in [6, 6.07) is 16.2. The molecule has 0 spiro atoms. The highest BCUT2D eigenvalue weighted by atomic mass is 32.2. The van der Waals surface area contributed by atoms with Gasteiger partial charge in [-0.3, -0.25) is 9.69 Å². The maximum Gasteiger partial charge on any atom is 0.237 e. The highest BCUT2D eigenvalue weighted by molar-refractivity contribution is 8.00. The van der Waals surface area contributed by atoms with Crippen molar-refractivity contribution in [2.75, 3.05) is 49.3 Å². The van der Waals surface area contributed by atoms with Crippen molar-refractivity contribution in [1.82, 2.24) is 4.90 Å². The van der Waals surface area contributed by atoms with Crippen molar-refractivity contribution in [3.05, 3.63) is 54.1 Å². The number of benzene rings is 2. The van der Waals surface area contributed by atoms with Crippen molar-refractivity contribution in [3.8, 4) is 11.5 Å². The lowest BCUT2D eigenvalue weighted by Gasteiger charge is -2.26. The van der Waals surface area contributed by atoms with E-state index in [0.29, 0.717) is 19.0 Å². The first kappa shape index (κ1) is 20.1. The zero-order valence-corrected chi connectivity index (χ0v) is 17.5. The van der Waals surface area contributed by atoms with Crippen molar-refractivity contribution in [2.45, 2.75) is 19.4 Å². The molecule has 0 unspecified atom stereocenters. The molecule has 2 aromatic rings. The van der Waals surface area contributed by atoms with E-state index in [4.69, 9.17) is 9.47 Å². The Morgan fingerprint density at radius 2 is 1.52 bits per heavy atom. The van der Waals surface area contributed by atoms with Crippen LogP contribution in [0.1, 0.15) is 18.4 Å². The molecular formula is C23H28N2O3S. The van der Waals surface area contributed by atoms with Crippen LogP contribution < -0.4 is 14.4 Å². The standard InChI is InChI=1S/C15H20N2OS.C8H8O2/c18-15-12-19-10-9-17(15)14-5-3-13(4-6-14)11-16-7-1-2-8-16;1-2-4-8-7(3-1)9-5-6-10-8/h3-6H,1-2,7-12H2;1-4H,5-6H2. The Hall–Kier alpha value is -2.18. The largest absolute Gasteiger partial charge is 0.486 e. The summed E-state index contributed by atoms with van der Waals surface area (Å²) in [6.45, 7) is 5.67. The molecule has 29 heavy (non-hydrogen) atoms. The van der Waals surface area contributed by atoms with E-state index in [-0.39, 0.29) is 5.91 Å². The summed E-state index contributed by atoms with van der Waals surface area (Å²) < 4.78 is 10.6. The molecule has 0 bridgehead atoms. The molecular weight excluding hydrogens is 384 g/mol. The van der Waals surface area contributed by atoms with Crippen molar-refractivity contribution >= 4 is 23.4 Å². The summed E-state index contributed by atoms with van der Waals surface area (Å²) in [5, 5.41) is 0. The first-order valence-electron chi connectivity index (χ1n) is 10.3. The number of nitrogens with zero attached hydrogens (tertiary/aromatic N) is 2. The maximum absolute atomic E-state index is 11.9. The second-order valence-corrected chi connectivity index (χ2v) is 8.50. The second-order valence-electron chi connectivity index (χ2n) is 7.39. The van der Waals surface area contributed by atoms with Gasteiger partial charge in [-0.05, 0) is 55.8 Å². The van der Waals surface area contributed by atoms with E-state index in [0.717, 1.165) is 36.0 Å². The Morgan fingerprint density at radius 3 is 2.14 bits per heavy atom. The van der Waals surface area contributed by atoms with Gasteiger partial charge in [-0.25, -0.2) is 0 Å². The minimum absolute atomic E-state index is 0.239. The summed E-state index contributed by atoms with van der Waals surface area (Å²) in [6.07, 6.45) is 2.66. The number of thioether (sulfide) groups is 1. The number of carbonyl (C=O) groups is 1. The first-order chi connectivity index (χ1) is 14.3. The fraction of sp³-hybridized carbons (Fsp3) is 0.435. The van der Waals surface area contributed by atoms with E-state index in [1.165, 1.54) is 31.5 Å². The number of amides is 1. The summed E-state index contributed by atoms with van der Waals surface area (Å²) in [4.78, 5) is 16.3. The molecule has 3 aliphatic rings. The number of hydrogen-bond donors (Lipinski definition) is 0. The van der Waals surface area contributed by atoms with Crippen LogP contribution in [0.5, 0.6) is 11.5 Å². The highest BCUT2D eigenvalue weighted by Gasteiger charge is 2.20. The number of carbonyl (C=O) groups excluding carboxylic acids is 1. The molecule has 3 heterocycles. The van der Waals surface area contributed by atoms with E-state index in [2.05, 4.69) is 29.2 Å². The van der Waals surface area contributed by atoms with Gasteiger partial charge in [0.1, 0.15) is 13.2 Å². The lowest BCUT2D eigenvalue weighted by molar-refractivity contribution is -0.116. The smallest absolute Gasteiger partial charge is 0.237 e. The topological polar surface area (TPSA) is 42.0 Å². The molecule has 2 fully saturated rings. The normalized spacial score (nSPS) is 18.9. The molecule has 0 atom stereocenters. The van der Waals surface area contributed by atoms with E-state index < -0.39 is 0 Å². The molecule has 0 radical (unpaired) electrons. The van der Waals surface area contributed by atoms with Gasteiger partial charge in [0.15, 0.2) is 11.5 Å². The Kier molecular flexibility index (Phi) is 6.96. The van der Waals surface area contributed by atoms with E-state index in [9.17, 15) is 4.79 Å². The quantitative estimate of drug-likeness (QED) is 0.767. The minimum Gasteiger partial charge on any atom is -0.486 e. The van der Waals surface area contributed by atoms with Crippen LogP contribution in [0.25, 0.3) is 0 Å². The predicted octanol–water partition coefficient (Wildman–Crippen LogP) is 3.82. The van der Waals surface area contributed by atoms with Gasteiger partial charge in [-0.1, -0.05) is 24.3 Å². The molecule has 5 nitrogen and oxygen atoms in total. The number of anilines is 1. The first-order valence-corrected chi connectivity index (χ1v) is 11.5. The van der Waals surface area contributed by atoms with Gasteiger partial charge < -0.3 is 14.4 Å². The van der Waals surface area contributed by atoms with Crippen LogP contribution in [0.2, 0.25) is 0 Å². The molecule has 2 aromatic carbocycles. The fourth-order valence-electron chi connectivity index (χ4n) is 3.76. The molecule has 0 N–H and O–H groups in total. The summed E-state index contributed by atoms with van der Waals surface area (Å²) in [5.41, 5.74) is 2.40. The Bertz CT molecular complexity index is 781. The average Bonchev–Trinajstić information content (AvgIpc) is 3.28. The molecule has 6 heteroatoms. The zero-order chi connectivity index (χ0) is 19.9. The number of para-hydroxylation sites is 2. The third-order valence-electron chi connectivity index (χ3n) is 5.29. The van der Waals surface area contributed by atoms with Crippen molar-refractivity contribution in [3.63, 3.8) is 0 Å². The van der Waals surface area contributed by atoms with Crippen LogP contribution in [-0.2, 0) is 11.3 Å². The lowest BCUT2D eigenvalue weighted by Crippen LogP contribution is -2.38. The second kappa shape index (κ2) is 10.0. The molecule has 154 valence electrons. The molecule has 0 aliphatic carbocycles. The van der Waals surface area contributed by atoms with Gasteiger partial charge in [-0.2, -0.15) is 11.8 Å². The predicted molar refractivity (Wildman–Crippen MR) is 118 cm³/mol. The number of hydrogen-bond acceptors (Lipinski definition) is 5. The summed E-state index contributed by atoms with van der Waals surface area (Å²) in [7, 11) is 0. The molecule has 0 saturated carbocycles. The SMILES string of the molecule is O=C1CSCCN1c1ccc(CN2CCCC2)cc1.c1ccc2c(c1)OCCO2. The third kappa shape index (κ3) is 5.46. The number of rotatable bonds is 3. The average molecular weight is 413 g/mol. The Balaban J connectivity index is 0.000000171. The van der Waals surface area contributed by atoms with Crippen LogP contribution in [0, 0.1) is 0 Å². The van der Waals surface area contributed by atoms with Gasteiger partial charge in [0.2, 0.25) is 5.91 Å². The minimum atomic E-state index is 0.239. The van der Waals surface area contributed by atoms with Gasteiger partial charge >= 0.3 is 0 Å². The maximum atomic E-state index is 11.9. The monoisotopic (exact) mass is 412 g/mol. The van der Waals surface area contributed by atoms with Gasteiger partial charge in [-0.15, -0.1) is 0 Å². The molecule has 3 aliphatic heterocycles. The number of fused-ring (bicyclic) bond motifs is 1. The molecule has 0 aromatic heterocycles. The van der Waals surface area contributed by atoms with E-state index >= 15 is 0 Å². The third-order valence-corrected chi connectivity index (χ3v) is 6.21. The van der Waals surface area contributed by atoms with Gasteiger partial charge in [0, 0.05) is 24.5 Å². The Morgan fingerprint density at radius 1 is 0.862 bits per heavy atom. The molecule has 1 amide bonds. The lowest BCUT2D eigenvalue weighted by atomic mass is 10.2. The van der Waals surface area contributed by atoms with Crippen molar-refractivity contribution in [1.29, 1.82) is 0 Å². The van der Waals surface area contributed by atoms with Crippen LogP contribution in [0.3, 0.4) is 0 Å². The summed E-state index contributed by atoms with van der Waals surface area (Å²) in [5.74, 6) is 3.61. The van der Waals surface area contributed by atoms with Gasteiger partial charge in [0.25, 0.3) is 0 Å². The fourth-order valence-corrected chi connectivity index (χ4v) is 4.55. The van der Waals surface area contributed by atoms with E-state index in [1.54, 1.807) is 11.8 Å². The van der Waals surface area contributed by atoms with Crippen molar-refractivity contribution < 1.29 is 14.3 Å². The van der Waals surface area contributed by atoms with Gasteiger partial charge in [0.05, 0.1) is 5.75 Å². The highest BCUT2D eigenvalue weighted by Crippen LogP contribution is 2.28. The molecule has 2 saturated heterocycles. The van der Waals surface area contributed by atoms with Crippen molar-refractivity contribution in [2.24, 2.45) is 0 Å². The molecule has 5 rings (SSSR count). The van der Waals surface area contributed by atoms with Crippen LogP contribution in [-0.4, -0.2) is 55.2 Å². The van der Waals surface area contributed by atoms with Crippen LogP contribution >= 0.6 is 11.8 Å². The van der Waals surface area contributed by atoms with Crippen LogP contribution in [0.15, 0.2) is 48.5 Å².